The zero-order chi connectivity index (χ0) is 28.6. The molecule has 4 rings (SSSR count). The maximum absolute atomic E-state index is 10.6. The fourth-order valence-electron chi connectivity index (χ4n) is 5.11. The zero-order valence-electron chi connectivity index (χ0n) is 21.1. The van der Waals surface area contributed by atoms with Crippen molar-refractivity contribution < 1.29 is 50.9 Å². The maximum atomic E-state index is 10.6. The van der Waals surface area contributed by atoms with Gasteiger partial charge in [0.1, 0.15) is 0 Å². The standard InChI is InChI=1S/C20H32N2OS.2C2HF3O2/c1-23-15-18-13-22(14-19-6-3-11-24-19)16-20(18)7-9-21(10-8-20)12-17-4-2-5-17;2*3-2(4,5)1(6)7/h3,6,11,17-18H,2,4-5,7-10,12-16H2,1H3;2*(H,6,7). The van der Waals surface area contributed by atoms with E-state index in [1.54, 1.807) is 0 Å². The predicted molar refractivity (Wildman–Crippen MR) is 128 cm³/mol. The second-order valence-electron chi connectivity index (χ2n) is 9.97. The fourth-order valence-corrected chi connectivity index (χ4v) is 5.85. The molecule has 7 nitrogen and oxygen atoms in total. The van der Waals surface area contributed by atoms with E-state index >= 15 is 0 Å². The first kappa shape index (κ1) is 32.3. The number of nitrogens with zero attached hydrogens (tertiary/aromatic N) is 2. The van der Waals surface area contributed by atoms with Crippen LogP contribution in [0.3, 0.4) is 0 Å². The summed E-state index contributed by atoms with van der Waals surface area (Å²) in [5, 5.41) is 16.5. The van der Waals surface area contributed by atoms with Crippen LogP contribution in [-0.2, 0) is 20.9 Å². The van der Waals surface area contributed by atoms with Crippen LogP contribution >= 0.6 is 11.3 Å². The first-order valence-electron chi connectivity index (χ1n) is 12.2. The molecular weight excluding hydrogens is 542 g/mol. The molecule has 2 aliphatic heterocycles. The van der Waals surface area contributed by atoms with E-state index in [1.807, 2.05) is 18.4 Å². The van der Waals surface area contributed by atoms with Gasteiger partial charge in [0.25, 0.3) is 0 Å². The van der Waals surface area contributed by atoms with Gasteiger partial charge in [-0.1, -0.05) is 12.5 Å². The Morgan fingerprint density at radius 2 is 1.61 bits per heavy atom. The molecule has 1 atom stereocenters. The van der Waals surface area contributed by atoms with Gasteiger partial charge in [-0.3, -0.25) is 4.90 Å². The number of hydrogen-bond acceptors (Lipinski definition) is 6. The highest BCUT2D eigenvalue weighted by Gasteiger charge is 2.48. The van der Waals surface area contributed by atoms with Crippen LogP contribution in [-0.4, -0.2) is 90.7 Å². The fraction of sp³-hybridized carbons (Fsp3) is 0.750. The quantitative estimate of drug-likeness (QED) is 0.462. The Hall–Kier alpha value is -1.90. The molecule has 3 heterocycles. The van der Waals surface area contributed by atoms with E-state index in [4.69, 9.17) is 24.5 Å². The van der Waals surface area contributed by atoms with Crippen LogP contribution < -0.4 is 0 Å². The van der Waals surface area contributed by atoms with Crippen LogP contribution in [0.4, 0.5) is 26.3 Å². The minimum atomic E-state index is -5.08. The Kier molecular flexibility index (Phi) is 11.9. The van der Waals surface area contributed by atoms with Gasteiger partial charge in [0.2, 0.25) is 0 Å². The minimum Gasteiger partial charge on any atom is -0.475 e. The zero-order valence-corrected chi connectivity index (χ0v) is 21.9. The van der Waals surface area contributed by atoms with Gasteiger partial charge in [-0.15, -0.1) is 11.3 Å². The normalized spacial score (nSPS) is 22.1. The topological polar surface area (TPSA) is 90.3 Å². The second kappa shape index (κ2) is 13.9. The Morgan fingerprint density at radius 1 is 1.05 bits per heavy atom. The van der Waals surface area contributed by atoms with E-state index in [9.17, 15) is 26.3 Å². The molecule has 2 saturated heterocycles. The van der Waals surface area contributed by atoms with Crippen molar-refractivity contribution in [1.29, 1.82) is 0 Å². The Labute approximate surface area is 221 Å². The SMILES string of the molecule is COCC1CN(Cc2cccs2)CC12CCN(CC1CCC1)CC2.O=C(O)C(F)(F)F.O=C(O)C(F)(F)F. The molecule has 14 heteroatoms. The summed E-state index contributed by atoms with van der Waals surface area (Å²) in [4.78, 5) is 24.7. The summed E-state index contributed by atoms with van der Waals surface area (Å²) in [5.41, 5.74) is 0.503. The van der Waals surface area contributed by atoms with Crippen LogP contribution in [0.1, 0.15) is 37.0 Å². The third kappa shape index (κ3) is 10.0. The Balaban J connectivity index is 0.000000301. The Bertz CT molecular complexity index is 845. The number of carboxylic acid groups (broad SMARTS) is 2. The number of carboxylic acids is 2. The molecule has 1 aliphatic carbocycles. The number of piperidine rings is 1. The number of ether oxygens (including phenoxy) is 1. The average Bonchev–Trinajstić information content (AvgIpc) is 3.40. The molecule has 0 radical (unpaired) electrons. The summed E-state index contributed by atoms with van der Waals surface area (Å²) in [6, 6.07) is 4.46. The summed E-state index contributed by atoms with van der Waals surface area (Å²) < 4.78 is 69.1. The van der Waals surface area contributed by atoms with E-state index in [0.29, 0.717) is 11.3 Å². The number of aliphatic carboxylic acids is 2. The molecular formula is C24H34F6N2O5S. The number of hydrogen-bond donors (Lipinski definition) is 2. The molecule has 0 aromatic carbocycles. The lowest BCUT2D eigenvalue weighted by Gasteiger charge is -2.44. The van der Waals surface area contributed by atoms with Gasteiger partial charge < -0.3 is 19.8 Å². The van der Waals surface area contributed by atoms with E-state index in [0.717, 1.165) is 19.1 Å². The van der Waals surface area contributed by atoms with Crippen molar-refractivity contribution in [3.05, 3.63) is 22.4 Å². The summed E-state index contributed by atoms with van der Waals surface area (Å²) in [6.07, 6.45) is -3.01. The smallest absolute Gasteiger partial charge is 0.475 e. The van der Waals surface area contributed by atoms with Crippen molar-refractivity contribution in [2.45, 2.75) is 51.0 Å². The molecule has 1 unspecified atom stereocenters. The van der Waals surface area contributed by atoms with Crippen molar-refractivity contribution in [3.63, 3.8) is 0 Å². The van der Waals surface area contributed by atoms with Crippen molar-refractivity contribution in [2.24, 2.45) is 17.3 Å². The van der Waals surface area contributed by atoms with Crippen LogP contribution in [0.25, 0.3) is 0 Å². The number of methoxy groups -OCH3 is 1. The van der Waals surface area contributed by atoms with Crippen LogP contribution in [0.15, 0.2) is 17.5 Å². The van der Waals surface area contributed by atoms with Gasteiger partial charge in [-0.25, -0.2) is 9.59 Å². The number of carbonyl (C=O) groups is 2. The summed E-state index contributed by atoms with van der Waals surface area (Å²) >= 11 is 1.89. The highest BCUT2D eigenvalue weighted by molar-refractivity contribution is 7.09. The highest BCUT2D eigenvalue weighted by atomic mass is 32.1. The molecule has 1 aromatic heterocycles. The van der Waals surface area contributed by atoms with Crippen molar-refractivity contribution >= 4 is 23.3 Å². The molecule has 0 bridgehead atoms. The molecule has 1 aromatic rings. The van der Waals surface area contributed by atoms with Crippen LogP contribution in [0.2, 0.25) is 0 Å². The van der Waals surface area contributed by atoms with Gasteiger partial charge in [0, 0.05) is 44.1 Å². The minimum absolute atomic E-state index is 0.503. The lowest BCUT2D eigenvalue weighted by molar-refractivity contribution is -0.193. The van der Waals surface area contributed by atoms with Crippen molar-refractivity contribution in [1.82, 2.24) is 9.80 Å². The molecule has 3 fully saturated rings. The van der Waals surface area contributed by atoms with Crippen molar-refractivity contribution in [3.8, 4) is 0 Å². The van der Waals surface area contributed by atoms with Crippen LogP contribution in [0.5, 0.6) is 0 Å². The average molecular weight is 577 g/mol. The number of alkyl halides is 6. The monoisotopic (exact) mass is 576 g/mol. The largest absolute Gasteiger partial charge is 0.490 e. The molecule has 2 N–H and O–H groups in total. The first-order valence-corrected chi connectivity index (χ1v) is 13.1. The molecule has 1 saturated carbocycles. The van der Waals surface area contributed by atoms with Gasteiger partial charge in [-0.2, -0.15) is 26.3 Å². The highest BCUT2D eigenvalue weighted by Crippen LogP contribution is 2.45. The number of rotatable bonds is 6. The van der Waals surface area contributed by atoms with E-state index in [-0.39, 0.29) is 0 Å². The maximum Gasteiger partial charge on any atom is 0.490 e. The lowest BCUT2D eigenvalue weighted by atomic mass is 9.71. The molecule has 1 spiro atoms. The summed E-state index contributed by atoms with van der Waals surface area (Å²) in [7, 11) is 1.88. The summed E-state index contributed by atoms with van der Waals surface area (Å²) in [6.45, 7) is 8.54. The van der Waals surface area contributed by atoms with Crippen LogP contribution in [0, 0.1) is 17.3 Å². The number of likely N-dealkylation sites (tertiary alicyclic amines) is 2. The lowest BCUT2D eigenvalue weighted by Crippen LogP contribution is -2.46. The number of halogens is 6. The molecule has 218 valence electrons. The third-order valence-electron chi connectivity index (χ3n) is 7.29. The van der Waals surface area contributed by atoms with E-state index in [2.05, 4.69) is 27.3 Å². The Morgan fingerprint density at radius 3 is 2.00 bits per heavy atom. The summed E-state index contributed by atoms with van der Waals surface area (Å²) in [5.74, 6) is -3.79. The van der Waals surface area contributed by atoms with Gasteiger partial charge in [-0.05, 0) is 61.6 Å². The predicted octanol–water partition coefficient (Wildman–Crippen LogP) is 4.98. The number of thiophene rings is 1. The second-order valence-corrected chi connectivity index (χ2v) is 11.0. The van der Waals surface area contributed by atoms with Gasteiger partial charge in [0.15, 0.2) is 0 Å². The molecule has 0 amide bonds. The first-order chi connectivity index (χ1) is 17.7. The van der Waals surface area contributed by atoms with Crippen molar-refractivity contribution in [2.75, 3.05) is 46.4 Å². The van der Waals surface area contributed by atoms with E-state index < -0.39 is 24.3 Å². The molecule has 3 aliphatic rings. The third-order valence-corrected chi connectivity index (χ3v) is 8.15. The van der Waals surface area contributed by atoms with E-state index in [1.165, 1.54) is 69.7 Å². The van der Waals surface area contributed by atoms with Gasteiger partial charge in [0.05, 0.1) is 6.61 Å². The van der Waals surface area contributed by atoms with Gasteiger partial charge >= 0.3 is 24.3 Å². The molecule has 38 heavy (non-hydrogen) atoms.